The van der Waals surface area contributed by atoms with Crippen LogP contribution in [0.25, 0.3) is 0 Å². The second kappa shape index (κ2) is 5.79. The van der Waals surface area contributed by atoms with Gasteiger partial charge in [0.05, 0.1) is 4.90 Å². The molecule has 2 aromatic rings. The molecule has 7 heteroatoms. The van der Waals surface area contributed by atoms with Crippen molar-refractivity contribution in [1.82, 2.24) is 9.71 Å². The van der Waals surface area contributed by atoms with Crippen molar-refractivity contribution in [2.45, 2.75) is 24.9 Å². The minimum absolute atomic E-state index is 0.254. The van der Waals surface area contributed by atoms with E-state index in [-0.39, 0.29) is 11.4 Å². The SMILES string of the molecule is Cc1cnccc1CNS(=O)(=O)c1csc(CN)c1. The van der Waals surface area contributed by atoms with E-state index < -0.39 is 10.0 Å². The first-order chi connectivity index (χ1) is 9.03. The molecule has 5 nitrogen and oxygen atoms in total. The molecular weight excluding hydrogens is 282 g/mol. The van der Waals surface area contributed by atoms with Crippen LogP contribution in [0.5, 0.6) is 0 Å². The summed E-state index contributed by atoms with van der Waals surface area (Å²) in [6.45, 7) is 2.50. The number of sulfonamides is 1. The van der Waals surface area contributed by atoms with Gasteiger partial charge in [-0.25, -0.2) is 13.1 Å². The third kappa shape index (κ3) is 3.38. The summed E-state index contributed by atoms with van der Waals surface area (Å²) in [5, 5.41) is 1.60. The average molecular weight is 297 g/mol. The highest BCUT2D eigenvalue weighted by atomic mass is 32.2. The van der Waals surface area contributed by atoms with E-state index >= 15 is 0 Å². The number of nitrogens with two attached hydrogens (primary N) is 1. The Morgan fingerprint density at radius 2 is 2.26 bits per heavy atom. The fraction of sp³-hybridized carbons (Fsp3) is 0.250. The minimum Gasteiger partial charge on any atom is -0.326 e. The van der Waals surface area contributed by atoms with Crippen LogP contribution in [0.3, 0.4) is 0 Å². The van der Waals surface area contributed by atoms with Gasteiger partial charge in [-0.05, 0) is 30.2 Å². The van der Waals surface area contributed by atoms with Crippen LogP contribution in [0.1, 0.15) is 16.0 Å². The average Bonchev–Trinajstić information content (AvgIpc) is 2.87. The number of nitrogens with one attached hydrogen (secondary N) is 1. The second-order valence-electron chi connectivity index (χ2n) is 4.08. The third-order valence-corrected chi connectivity index (χ3v) is 5.22. The molecule has 0 unspecified atom stereocenters. The maximum atomic E-state index is 12.1. The number of aromatic nitrogens is 1. The van der Waals surface area contributed by atoms with Crippen molar-refractivity contribution in [2.24, 2.45) is 5.73 Å². The molecular formula is C12H15N3O2S2. The molecule has 0 radical (unpaired) electrons. The van der Waals surface area contributed by atoms with Crippen molar-refractivity contribution >= 4 is 21.4 Å². The lowest BCUT2D eigenvalue weighted by Crippen LogP contribution is -2.23. The highest BCUT2D eigenvalue weighted by Gasteiger charge is 2.15. The molecule has 0 amide bonds. The van der Waals surface area contributed by atoms with Gasteiger partial charge in [0.2, 0.25) is 10.0 Å². The highest BCUT2D eigenvalue weighted by Crippen LogP contribution is 2.19. The van der Waals surface area contributed by atoms with Gasteiger partial charge in [0.1, 0.15) is 0 Å². The van der Waals surface area contributed by atoms with Gasteiger partial charge in [-0.15, -0.1) is 11.3 Å². The van der Waals surface area contributed by atoms with Crippen LogP contribution >= 0.6 is 11.3 Å². The highest BCUT2D eigenvalue weighted by molar-refractivity contribution is 7.89. The Balaban J connectivity index is 2.12. The fourth-order valence-corrected chi connectivity index (χ4v) is 3.73. The molecule has 0 saturated carbocycles. The number of thiophene rings is 1. The Kier molecular flexibility index (Phi) is 4.31. The lowest BCUT2D eigenvalue weighted by atomic mass is 10.2. The van der Waals surface area contributed by atoms with E-state index in [4.69, 9.17) is 5.73 Å². The molecule has 0 atom stereocenters. The van der Waals surface area contributed by atoms with E-state index in [1.165, 1.54) is 11.3 Å². The minimum atomic E-state index is -3.48. The molecule has 2 aromatic heterocycles. The molecule has 2 rings (SSSR count). The molecule has 19 heavy (non-hydrogen) atoms. The van der Waals surface area contributed by atoms with Crippen LogP contribution in [-0.4, -0.2) is 13.4 Å². The van der Waals surface area contributed by atoms with Crippen LogP contribution in [0, 0.1) is 6.92 Å². The van der Waals surface area contributed by atoms with Crippen molar-refractivity contribution in [3.63, 3.8) is 0 Å². The summed E-state index contributed by atoms with van der Waals surface area (Å²) in [4.78, 5) is 5.09. The predicted octanol–water partition coefficient (Wildman–Crippen LogP) is 1.39. The first kappa shape index (κ1) is 14.1. The van der Waals surface area contributed by atoms with E-state index in [2.05, 4.69) is 9.71 Å². The maximum absolute atomic E-state index is 12.1. The lowest BCUT2D eigenvalue weighted by Gasteiger charge is -2.07. The second-order valence-corrected chi connectivity index (χ2v) is 6.84. The van der Waals surface area contributed by atoms with Crippen molar-refractivity contribution in [3.8, 4) is 0 Å². The first-order valence-electron chi connectivity index (χ1n) is 5.69. The Morgan fingerprint density at radius 1 is 1.47 bits per heavy atom. The van der Waals surface area contributed by atoms with Gasteiger partial charge in [0, 0.05) is 35.7 Å². The van der Waals surface area contributed by atoms with Gasteiger partial charge < -0.3 is 5.73 Å². The van der Waals surface area contributed by atoms with Gasteiger partial charge in [0.15, 0.2) is 0 Å². The largest absolute Gasteiger partial charge is 0.326 e. The Bertz CT molecular complexity index is 665. The van der Waals surface area contributed by atoms with Crippen LogP contribution in [0.15, 0.2) is 34.8 Å². The van der Waals surface area contributed by atoms with Crippen molar-refractivity contribution < 1.29 is 8.42 Å². The molecule has 0 spiro atoms. The van der Waals surface area contributed by atoms with Gasteiger partial charge in [-0.2, -0.15) is 0 Å². The quantitative estimate of drug-likeness (QED) is 0.873. The molecule has 0 aliphatic carbocycles. The summed E-state index contributed by atoms with van der Waals surface area (Å²) >= 11 is 1.35. The number of nitrogens with zero attached hydrogens (tertiary/aromatic N) is 1. The molecule has 0 aliphatic heterocycles. The molecule has 0 saturated heterocycles. The number of rotatable bonds is 5. The fourth-order valence-electron chi connectivity index (χ4n) is 1.57. The third-order valence-electron chi connectivity index (χ3n) is 2.73. The van der Waals surface area contributed by atoms with Crippen molar-refractivity contribution in [3.05, 3.63) is 45.9 Å². The van der Waals surface area contributed by atoms with E-state index in [0.29, 0.717) is 6.54 Å². The number of hydrogen-bond acceptors (Lipinski definition) is 5. The predicted molar refractivity (Wildman–Crippen MR) is 75.2 cm³/mol. The zero-order valence-corrected chi connectivity index (χ0v) is 12.1. The van der Waals surface area contributed by atoms with Gasteiger partial charge in [0.25, 0.3) is 0 Å². The zero-order valence-electron chi connectivity index (χ0n) is 10.5. The number of aryl methyl sites for hydroxylation is 1. The molecule has 3 N–H and O–H groups in total. The Labute approximate surface area is 116 Å². The van der Waals surface area contributed by atoms with Crippen molar-refractivity contribution in [1.29, 1.82) is 0 Å². The normalized spacial score (nSPS) is 11.7. The summed E-state index contributed by atoms with van der Waals surface area (Å²) in [6.07, 6.45) is 3.36. The van der Waals surface area contributed by atoms with Crippen LogP contribution < -0.4 is 10.5 Å². The van der Waals surface area contributed by atoms with Gasteiger partial charge in [-0.3, -0.25) is 4.98 Å². The van der Waals surface area contributed by atoms with E-state index in [1.54, 1.807) is 29.9 Å². The summed E-state index contributed by atoms with van der Waals surface area (Å²) in [5.74, 6) is 0. The number of hydrogen-bond donors (Lipinski definition) is 2. The molecule has 0 aliphatic rings. The summed E-state index contributed by atoms with van der Waals surface area (Å²) < 4.78 is 26.8. The van der Waals surface area contributed by atoms with Gasteiger partial charge in [-0.1, -0.05) is 0 Å². The maximum Gasteiger partial charge on any atom is 0.241 e. The Hall–Kier alpha value is -1.28. The van der Waals surface area contributed by atoms with E-state index in [9.17, 15) is 8.42 Å². The molecule has 0 bridgehead atoms. The topological polar surface area (TPSA) is 85.1 Å². The zero-order chi connectivity index (χ0) is 13.9. The first-order valence-corrected chi connectivity index (χ1v) is 8.06. The summed E-state index contributed by atoms with van der Waals surface area (Å²) in [7, 11) is -3.48. The lowest BCUT2D eigenvalue weighted by molar-refractivity contribution is 0.581. The van der Waals surface area contributed by atoms with Gasteiger partial charge >= 0.3 is 0 Å². The molecule has 102 valence electrons. The van der Waals surface area contributed by atoms with E-state index in [1.807, 2.05) is 6.92 Å². The Morgan fingerprint density at radius 3 is 2.89 bits per heavy atom. The monoisotopic (exact) mass is 297 g/mol. The standard InChI is InChI=1S/C12H15N3O2S2/c1-9-6-14-3-2-10(9)7-15-19(16,17)12-4-11(5-13)18-8-12/h2-4,6,8,15H,5,7,13H2,1H3. The van der Waals surface area contributed by atoms with Crippen molar-refractivity contribution in [2.75, 3.05) is 0 Å². The molecule has 2 heterocycles. The van der Waals surface area contributed by atoms with E-state index in [0.717, 1.165) is 16.0 Å². The molecule has 0 aromatic carbocycles. The smallest absolute Gasteiger partial charge is 0.241 e. The molecule has 0 fully saturated rings. The summed E-state index contributed by atoms with van der Waals surface area (Å²) in [5.41, 5.74) is 7.35. The summed E-state index contributed by atoms with van der Waals surface area (Å²) in [6, 6.07) is 3.41. The van der Waals surface area contributed by atoms with Crippen LogP contribution in [-0.2, 0) is 23.1 Å². The van der Waals surface area contributed by atoms with Crippen LogP contribution in [0.4, 0.5) is 0 Å². The number of pyridine rings is 1. The van der Waals surface area contributed by atoms with Crippen LogP contribution in [0.2, 0.25) is 0 Å².